The second-order valence-electron chi connectivity index (χ2n) is 19.2. The summed E-state index contributed by atoms with van der Waals surface area (Å²) in [6.45, 7) is 11.7. The molecule has 0 bridgehead atoms. The van der Waals surface area contributed by atoms with Crippen LogP contribution < -0.4 is 10.1 Å². The smallest absolute Gasteiger partial charge is 0.435 e. The highest BCUT2D eigenvalue weighted by molar-refractivity contribution is 8.76. The molecule has 2 fully saturated rings. The predicted molar refractivity (Wildman–Crippen MR) is 246 cm³/mol. The Bertz CT molecular complexity index is 1820. The number of aryl methyl sites for hydroxylation is 1. The van der Waals surface area contributed by atoms with Crippen LogP contribution in [0.1, 0.15) is 115 Å². The summed E-state index contributed by atoms with van der Waals surface area (Å²) in [6.07, 6.45) is -13.7. The maximum atomic E-state index is 15.2. The van der Waals surface area contributed by atoms with Crippen LogP contribution in [0.4, 0.5) is 48.3 Å². The maximum Gasteiger partial charge on any atom is 0.435 e. The van der Waals surface area contributed by atoms with E-state index in [9.17, 15) is 39.5 Å². The van der Waals surface area contributed by atoms with E-state index in [2.05, 4.69) is 17.0 Å². The van der Waals surface area contributed by atoms with Crippen LogP contribution in [0.3, 0.4) is 0 Å². The summed E-state index contributed by atoms with van der Waals surface area (Å²) >= 11 is 0. The standard InChI is InChI=1S/C49H68F11NO6S2/c1-31(2)64-29-33(30-65-32(3)4)9-6-19-62-22-24-69-68-23-7-18-61-28-40-42(50)26-36(27-43(40)51)67-35-11-13-37-34(25-35)10-12-39-38(37)16-17-45(5)41(39)14-15-44(45)63-20-8-21-66-46(47(52,53)54,48(55,56)57)49(58,59)60/h11,13,25-27,31-33,38-39,41,44,61H,6-10,12,14-24,28-30H2,1-5H3. The first-order valence-electron chi connectivity index (χ1n) is 24.0. The summed E-state index contributed by atoms with van der Waals surface area (Å²) in [5.41, 5.74) is -4.49. The Balaban J connectivity index is 0.998. The van der Waals surface area contributed by atoms with Crippen molar-refractivity contribution in [3.05, 3.63) is 58.7 Å². The van der Waals surface area contributed by atoms with Crippen molar-refractivity contribution >= 4 is 21.6 Å². The molecule has 1 N–H and O–H groups in total. The van der Waals surface area contributed by atoms with E-state index >= 15 is 8.78 Å². The molecule has 394 valence electrons. The van der Waals surface area contributed by atoms with Crippen molar-refractivity contribution < 1.29 is 76.7 Å². The highest BCUT2D eigenvalue weighted by atomic mass is 33.1. The highest BCUT2D eigenvalue weighted by Crippen LogP contribution is 2.62. The molecule has 0 heterocycles. The first-order valence-corrected chi connectivity index (χ1v) is 26.5. The SMILES string of the molecule is CC(C)OCC(CCCOCCSSCCCNCc1c(F)cc(Oc2ccc3c(c2)CCC2C3CCC3(C)C(OCCCOC(C(F)(F)F)(C(F)(F)F)C(F)(F)F)CCC23)cc1F)COC(C)C. The lowest BCUT2D eigenvalue weighted by Gasteiger charge is -2.50. The van der Waals surface area contributed by atoms with E-state index in [4.69, 9.17) is 23.7 Å². The van der Waals surface area contributed by atoms with Crippen molar-refractivity contribution in [3.63, 3.8) is 0 Å². The fourth-order valence-electron chi connectivity index (χ4n) is 10.2. The predicted octanol–water partition coefficient (Wildman–Crippen LogP) is 14.0. The number of hydrogen-bond acceptors (Lipinski definition) is 9. The van der Waals surface area contributed by atoms with Gasteiger partial charge in [0.25, 0.3) is 0 Å². The van der Waals surface area contributed by atoms with Crippen LogP contribution in [0, 0.1) is 34.8 Å². The molecule has 0 saturated heterocycles. The molecule has 5 unspecified atom stereocenters. The molecule has 2 saturated carbocycles. The Labute approximate surface area is 407 Å². The molecular formula is C49H68F11NO6S2. The summed E-state index contributed by atoms with van der Waals surface area (Å²) in [5, 5.41) is 3.13. The highest BCUT2D eigenvalue weighted by Gasteiger charge is 2.85. The number of fused-ring (bicyclic) bond motifs is 5. The van der Waals surface area contributed by atoms with Gasteiger partial charge in [-0.25, -0.2) is 8.78 Å². The largest absolute Gasteiger partial charge is 0.457 e. The molecule has 20 heteroatoms. The molecule has 0 aliphatic heterocycles. The van der Waals surface area contributed by atoms with Crippen molar-refractivity contribution in [2.24, 2.45) is 23.2 Å². The molecule has 7 nitrogen and oxygen atoms in total. The van der Waals surface area contributed by atoms with Crippen LogP contribution in [-0.4, -0.2) is 100 Å². The van der Waals surface area contributed by atoms with Crippen molar-refractivity contribution in [2.45, 2.75) is 154 Å². The third-order valence-electron chi connectivity index (χ3n) is 13.6. The van der Waals surface area contributed by atoms with Gasteiger partial charge in [0.05, 0.1) is 44.7 Å². The zero-order valence-electron chi connectivity index (χ0n) is 40.0. The van der Waals surface area contributed by atoms with Gasteiger partial charge in [0.15, 0.2) is 0 Å². The Morgan fingerprint density at radius 3 is 2.01 bits per heavy atom. The van der Waals surface area contributed by atoms with Crippen LogP contribution in [0.15, 0.2) is 30.3 Å². The fraction of sp³-hybridized carbons (Fsp3) is 0.755. The van der Waals surface area contributed by atoms with E-state index in [0.29, 0.717) is 57.5 Å². The second-order valence-corrected chi connectivity index (χ2v) is 21.9. The van der Waals surface area contributed by atoms with Gasteiger partial charge >= 0.3 is 24.1 Å². The minimum absolute atomic E-state index is 0.0313. The van der Waals surface area contributed by atoms with Crippen molar-refractivity contribution in [1.82, 2.24) is 5.32 Å². The van der Waals surface area contributed by atoms with Crippen LogP contribution >= 0.6 is 21.6 Å². The Morgan fingerprint density at radius 1 is 0.725 bits per heavy atom. The minimum atomic E-state index is -6.78. The second kappa shape index (κ2) is 25.7. The molecule has 2 aromatic rings. The van der Waals surface area contributed by atoms with Crippen LogP contribution in [0.2, 0.25) is 0 Å². The zero-order chi connectivity index (χ0) is 50.6. The topological polar surface area (TPSA) is 67.4 Å². The van der Waals surface area contributed by atoms with E-state index in [1.807, 2.05) is 39.8 Å². The number of rotatable bonds is 28. The molecule has 0 radical (unpaired) electrons. The maximum absolute atomic E-state index is 15.2. The van der Waals surface area contributed by atoms with Gasteiger partial charge in [-0.3, -0.25) is 0 Å². The van der Waals surface area contributed by atoms with Gasteiger partial charge in [-0.1, -0.05) is 34.6 Å². The average molecular weight is 1040 g/mol. The molecule has 5 atom stereocenters. The molecule has 69 heavy (non-hydrogen) atoms. The number of nitrogens with one attached hydrogen (secondary N) is 1. The van der Waals surface area contributed by atoms with Crippen LogP contribution in [0.25, 0.3) is 0 Å². The van der Waals surface area contributed by atoms with Crippen molar-refractivity contribution in [3.8, 4) is 11.5 Å². The minimum Gasteiger partial charge on any atom is -0.457 e. The average Bonchev–Trinajstić information content (AvgIpc) is 3.59. The van der Waals surface area contributed by atoms with Gasteiger partial charge in [0.2, 0.25) is 0 Å². The summed E-state index contributed by atoms with van der Waals surface area (Å²) in [7, 11) is 3.48. The van der Waals surface area contributed by atoms with Crippen LogP contribution in [0.5, 0.6) is 11.5 Å². The number of hydrogen-bond donors (Lipinski definition) is 1. The Hall–Kier alpha value is -2.07. The Kier molecular flexibility index (Phi) is 21.6. The Morgan fingerprint density at radius 2 is 1.38 bits per heavy atom. The van der Waals surface area contributed by atoms with E-state index in [0.717, 1.165) is 67.6 Å². The first kappa shape index (κ1) is 57.8. The van der Waals surface area contributed by atoms with Gasteiger partial charge in [0.1, 0.15) is 23.1 Å². The number of alkyl halides is 9. The number of benzene rings is 2. The molecular weight excluding hydrogens is 972 g/mol. The molecule has 3 aliphatic carbocycles. The van der Waals surface area contributed by atoms with Gasteiger partial charge in [0, 0.05) is 54.9 Å². The molecule has 0 aromatic heterocycles. The lowest BCUT2D eigenvalue weighted by molar-refractivity contribution is -0.457. The van der Waals surface area contributed by atoms with E-state index in [1.165, 1.54) is 12.1 Å². The fourth-order valence-corrected chi connectivity index (χ4v) is 12.1. The molecule has 0 amide bonds. The zero-order valence-corrected chi connectivity index (χ0v) is 41.6. The lowest BCUT2D eigenvalue weighted by atomic mass is 9.55. The van der Waals surface area contributed by atoms with Gasteiger partial charge in [-0.15, -0.1) is 0 Å². The lowest BCUT2D eigenvalue weighted by Crippen LogP contribution is -2.67. The molecule has 2 aromatic carbocycles. The summed E-state index contributed by atoms with van der Waals surface area (Å²) in [6, 6.07) is 8.02. The molecule has 3 aliphatic rings. The van der Waals surface area contributed by atoms with Crippen LogP contribution in [-0.2, 0) is 36.6 Å². The number of ether oxygens (including phenoxy) is 6. The van der Waals surface area contributed by atoms with E-state index in [1.54, 1.807) is 27.7 Å². The van der Waals surface area contributed by atoms with Crippen molar-refractivity contribution in [1.29, 1.82) is 0 Å². The van der Waals surface area contributed by atoms with Gasteiger partial charge in [-0.2, -0.15) is 39.5 Å². The first-order chi connectivity index (χ1) is 32.5. The summed E-state index contributed by atoms with van der Waals surface area (Å²) < 4.78 is 182. The summed E-state index contributed by atoms with van der Waals surface area (Å²) in [4.78, 5) is 0. The summed E-state index contributed by atoms with van der Waals surface area (Å²) in [5.74, 6) is 1.82. The monoisotopic (exact) mass is 1040 g/mol. The molecule has 5 rings (SSSR count). The number of halogens is 11. The molecule has 0 spiro atoms. The van der Waals surface area contributed by atoms with Gasteiger partial charge < -0.3 is 33.7 Å². The normalized spacial score (nSPS) is 22.1. The van der Waals surface area contributed by atoms with E-state index < -0.39 is 48.8 Å². The quantitative estimate of drug-likeness (QED) is 0.0510. The third kappa shape index (κ3) is 15.2. The third-order valence-corrected chi connectivity index (χ3v) is 16.0. The van der Waals surface area contributed by atoms with E-state index in [-0.39, 0.29) is 65.9 Å². The van der Waals surface area contributed by atoms with Gasteiger partial charge in [-0.05, 0) is 145 Å². The van der Waals surface area contributed by atoms with Crippen molar-refractivity contribution in [2.75, 3.05) is 57.7 Å².